The maximum absolute atomic E-state index is 11.4. The largest absolute Gasteiger partial charge is 0.473 e. The molecule has 1 aromatic carbocycles. The van der Waals surface area contributed by atoms with Crippen molar-refractivity contribution in [2.45, 2.75) is 6.10 Å². The number of urea groups is 1. The highest BCUT2D eigenvalue weighted by Crippen LogP contribution is 2.28. The number of aromatic nitrogens is 3. The number of anilines is 1. The summed E-state index contributed by atoms with van der Waals surface area (Å²) in [5.41, 5.74) is 9.45. The van der Waals surface area contributed by atoms with Gasteiger partial charge in [-0.3, -0.25) is 4.98 Å². The van der Waals surface area contributed by atoms with Crippen molar-refractivity contribution in [2.75, 3.05) is 45.3 Å². The molecule has 1 saturated heterocycles. The van der Waals surface area contributed by atoms with Crippen LogP contribution in [0.2, 0.25) is 0 Å². The summed E-state index contributed by atoms with van der Waals surface area (Å²) in [7, 11) is 4.00. The molecule has 1 fully saturated rings. The fraction of sp³-hybridized carbons (Fsp3) is 0.333. The summed E-state index contributed by atoms with van der Waals surface area (Å²) in [6.07, 6.45) is 2.96. The van der Waals surface area contributed by atoms with Crippen molar-refractivity contribution in [1.82, 2.24) is 19.9 Å². The summed E-state index contributed by atoms with van der Waals surface area (Å²) < 4.78 is 11.7. The van der Waals surface area contributed by atoms with Crippen LogP contribution in [0, 0.1) is 0 Å². The van der Waals surface area contributed by atoms with Crippen LogP contribution in [0.3, 0.4) is 0 Å². The third kappa shape index (κ3) is 5.15. The number of ether oxygens (including phenoxy) is 2. The van der Waals surface area contributed by atoms with E-state index in [9.17, 15) is 4.79 Å². The Hall–Kier alpha value is -3.11. The first-order valence-corrected chi connectivity index (χ1v) is 9.69. The number of hydrogen-bond donors (Lipinski definition) is 1. The molecule has 31 heavy (non-hydrogen) atoms. The molecule has 1 aliphatic rings. The number of morpholine rings is 1. The Kier molecular flexibility index (Phi) is 7.13. The van der Waals surface area contributed by atoms with E-state index in [0.717, 1.165) is 16.9 Å². The first kappa shape index (κ1) is 22.6. The second-order valence-corrected chi connectivity index (χ2v) is 7.27. The number of carbonyl (C=O) groups excluding carboxylic acids is 1. The molecule has 0 bridgehead atoms. The van der Waals surface area contributed by atoms with Gasteiger partial charge in [-0.25, -0.2) is 14.8 Å². The number of primary amides is 1. The molecule has 164 valence electrons. The molecule has 0 unspecified atom stereocenters. The Morgan fingerprint density at radius 2 is 2.00 bits per heavy atom. The fourth-order valence-electron chi connectivity index (χ4n) is 3.31. The van der Waals surface area contributed by atoms with Gasteiger partial charge in [-0.1, -0.05) is 12.1 Å². The molecule has 1 aliphatic heterocycles. The number of hydrogen-bond acceptors (Lipinski definition) is 7. The molecule has 3 heterocycles. The number of rotatable bonds is 5. The minimum atomic E-state index is -0.457. The topological polar surface area (TPSA) is 107 Å². The zero-order valence-electron chi connectivity index (χ0n) is 17.5. The molecule has 1 atom stereocenters. The average molecular weight is 443 g/mol. The van der Waals surface area contributed by atoms with E-state index in [1.54, 1.807) is 17.3 Å². The maximum Gasteiger partial charge on any atom is 0.314 e. The van der Waals surface area contributed by atoms with E-state index in [0.29, 0.717) is 36.6 Å². The number of carbonyl (C=O) groups is 1. The Morgan fingerprint density at radius 1 is 1.26 bits per heavy atom. The van der Waals surface area contributed by atoms with Crippen molar-refractivity contribution >= 4 is 36.2 Å². The first-order chi connectivity index (χ1) is 14.5. The number of benzene rings is 1. The van der Waals surface area contributed by atoms with Crippen LogP contribution in [0.5, 0.6) is 5.88 Å². The first-order valence-electron chi connectivity index (χ1n) is 9.69. The van der Waals surface area contributed by atoms with Gasteiger partial charge in [0.15, 0.2) is 5.52 Å². The summed E-state index contributed by atoms with van der Waals surface area (Å²) in [5, 5.41) is 0. The van der Waals surface area contributed by atoms with Gasteiger partial charge in [-0.2, -0.15) is 13.5 Å². The second-order valence-electron chi connectivity index (χ2n) is 7.27. The van der Waals surface area contributed by atoms with Gasteiger partial charge in [0.05, 0.1) is 24.4 Å². The van der Waals surface area contributed by atoms with Gasteiger partial charge in [0.2, 0.25) is 5.88 Å². The van der Waals surface area contributed by atoms with Crippen LogP contribution in [0.15, 0.2) is 42.7 Å². The van der Waals surface area contributed by atoms with Gasteiger partial charge in [0.1, 0.15) is 12.7 Å². The van der Waals surface area contributed by atoms with Gasteiger partial charge in [0.25, 0.3) is 0 Å². The molecule has 0 aliphatic carbocycles. The third-order valence-corrected chi connectivity index (χ3v) is 4.96. The van der Waals surface area contributed by atoms with E-state index >= 15 is 0 Å². The molecular formula is C21H26N6O3S. The molecule has 0 saturated carbocycles. The minimum Gasteiger partial charge on any atom is -0.473 e. The molecule has 2 aromatic heterocycles. The summed E-state index contributed by atoms with van der Waals surface area (Å²) in [6.45, 7) is 1.51. The Labute approximate surface area is 187 Å². The van der Waals surface area contributed by atoms with Crippen molar-refractivity contribution in [3.63, 3.8) is 0 Å². The lowest BCUT2D eigenvalue weighted by Crippen LogP contribution is -2.49. The standard InChI is InChI=1S/C21H24N6O3.H2S/c1-26(2)15-5-3-14(4-6-15)17-11-18-19(24-8-7-23-18)20(25-17)30-13-16-12-27(21(22)28)9-10-29-16;/h3-8,11,16H,9-10,12-13H2,1-2H3,(H2,22,28);1H2/t16-;/m0./s1. The van der Waals surface area contributed by atoms with Crippen LogP contribution in [0.1, 0.15) is 0 Å². The molecule has 4 rings (SSSR count). The number of pyridine rings is 1. The van der Waals surface area contributed by atoms with Crippen LogP contribution < -0.4 is 15.4 Å². The predicted molar refractivity (Wildman–Crippen MR) is 124 cm³/mol. The Balaban J connectivity index is 0.00000272. The molecule has 2 N–H and O–H groups in total. The van der Waals surface area contributed by atoms with Crippen molar-refractivity contribution < 1.29 is 14.3 Å². The van der Waals surface area contributed by atoms with Gasteiger partial charge >= 0.3 is 6.03 Å². The normalized spacial score (nSPS) is 15.9. The van der Waals surface area contributed by atoms with Crippen molar-refractivity contribution in [3.05, 3.63) is 42.7 Å². The zero-order valence-corrected chi connectivity index (χ0v) is 18.5. The molecule has 0 spiro atoms. The predicted octanol–water partition coefficient (Wildman–Crippen LogP) is 2.03. The monoisotopic (exact) mass is 442 g/mol. The zero-order chi connectivity index (χ0) is 21.1. The lowest BCUT2D eigenvalue weighted by Gasteiger charge is -2.31. The van der Waals surface area contributed by atoms with E-state index < -0.39 is 6.03 Å². The summed E-state index contributed by atoms with van der Waals surface area (Å²) >= 11 is 0. The molecular weight excluding hydrogens is 416 g/mol. The second kappa shape index (κ2) is 9.80. The Morgan fingerprint density at radius 3 is 2.71 bits per heavy atom. The maximum atomic E-state index is 11.4. The summed E-state index contributed by atoms with van der Waals surface area (Å²) in [5.74, 6) is 0.382. The fourth-order valence-corrected chi connectivity index (χ4v) is 3.31. The molecule has 3 aromatic rings. The number of nitrogens with zero attached hydrogens (tertiary/aromatic N) is 5. The third-order valence-electron chi connectivity index (χ3n) is 4.96. The van der Waals surface area contributed by atoms with E-state index in [1.165, 1.54) is 0 Å². The number of nitrogens with two attached hydrogens (primary N) is 1. The van der Waals surface area contributed by atoms with Crippen molar-refractivity contribution in [1.29, 1.82) is 0 Å². The average Bonchev–Trinajstić information content (AvgIpc) is 2.77. The quantitative estimate of drug-likeness (QED) is 0.644. The SMILES string of the molecule is CN(C)c1ccc(-c2cc3nccnc3c(OC[C@@H]3CN(C(N)=O)CCO3)n2)cc1.S. The molecule has 9 nitrogen and oxygen atoms in total. The van der Waals surface area contributed by atoms with E-state index in [2.05, 4.69) is 15.0 Å². The molecule has 2 amide bonds. The summed E-state index contributed by atoms with van der Waals surface area (Å²) in [6, 6.07) is 9.53. The van der Waals surface area contributed by atoms with Crippen molar-refractivity contribution in [2.24, 2.45) is 5.73 Å². The lowest BCUT2D eigenvalue weighted by molar-refractivity contribution is -0.0346. The van der Waals surface area contributed by atoms with Gasteiger partial charge < -0.3 is 25.0 Å². The van der Waals surface area contributed by atoms with E-state index in [4.69, 9.17) is 15.2 Å². The van der Waals surface area contributed by atoms with Crippen LogP contribution in [0.25, 0.3) is 22.3 Å². The smallest absolute Gasteiger partial charge is 0.314 e. The minimum absolute atomic E-state index is 0. The van der Waals surface area contributed by atoms with Gasteiger partial charge in [0, 0.05) is 44.3 Å². The lowest BCUT2D eigenvalue weighted by atomic mass is 10.1. The van der Waals surface area contributed by atoms with Crippen LogP contribution in [-0.2, 0) is 4.74 Å². The van der Waals surface area contributed by atoms with Gasteiger partial charge in [-0.05, 0) is 18.2 Å². The highest BCUT2D eigenvalue weighted by molar-refractivity contribution is 7.59. The van der Waals surface area contributed by atoms with Crippen LogP contribution >= 0.6 is 13.5 Å². The highest BCUT2D eigenvalue weighted by atomic mass is 32.1. The number of amides is 2. The molecule has 0 radical (unpaired) electrons. The van der Waals surface area contributed by atoms with E-state index in [-0.39, 0.29) is 26.2 Å². The molecule has 10 heteroatoms. The van der Waals surface area contributed by atoms with Crippen LogP contribution in [-0.4, -0.2) is 72.4 Å². The van der Waals surface area contributed by atoms with Crippen LogP contribution in [0.4, 0.5) is 10.5 Å². The summed E-state index contributed by atoms with van der Waals surface area (Å²) in [4.78, 5) is 28.5. The highest BCUT2D eigenvalue weighted by Gasteiger charge is 2.24. The van der Waals surface area contributed by atoms with Gasteiger partial charge in [-0.15, -0.1) is 0 Å². The number of fused-ring (bicyclic) bond motifs is 1. The van der Waals surface area contributed by atoms with E-state index in [1.807, 2.05) is 49.3 Å². The van der Waals surface area contributed by atoms with Crippen molar-refractivity contribution in [3.8, 4) is 17.1 Å². The Bertz CT molecular complexity index is 1050.